The predicted octanol–water partition coefficient (Wildman–Crippen LogP) is 1.24. The molecule has 0 radical (unpaired) electrons. The molecular weight excluding hydrogens is 180 g/mol. The fourth-order valence-electron chi connectivity index (χ4n) is 1.95. The van der Waals surface area contributed by atoms with Crippen LogP contribution in [0.1, 0.15) is 30.5 Å². The maximum atomic E-state index is 10.4. The Morgan fingerprint density at radius 3 is 3.07 bits per heavy atom. The summed E-state index contributed by atoms with van der Waals surface area (Å²) in [5.41, 5.74) is 2.55. The number of carboxylic acids is 1. The molecule has 0 saturated heterocycles. The molecule has 1 aromatic heterocycles. The van der Waals surface area contributed by atoms with Gasteiger partial charge < -0.3 is 5.11 Å². The molecule has 0 aromatic carbocycles. The van der Waals surface area contributed by atoms with Crippen molar-refractivity contribution in [3.8, 4) is 0 Å². The number of rotatable bonds is 3. The van der Waals surface area contributed by atoms with Gasteiger partial charge in [0.2, 0.25) is 0 Å². The van der Waals surface area contributed by atoms with Crippen molar-refractivity contribution in [2.45, 2.75) is 38.6 Å². The van der Waals surface area contributed by atoms with Crippen LogP contribution in [-0.4, -0.2) is 20.9 Å². The van der Waals surface area contributed by atoms with E-state index < -0.39 is 5.97 Å². The van der Waals surface area contributed by atoms with E-state index in [0.717, 1.165) is 12.8 Å². The van der Waals surface area contributed by atoms with E-state index in [1.807, 2.05) is 10.9 Å². The van der Waals surface area contributed by atoms with Gasteiger partial charge in [0, 0.05) is 5.69 Å². The number of aryl methyl sites for hydroxylation is 2. The largest absolute Gasteiger partial charge is 0.481 e. The molecule has 2 rings (SSSR count). The van der Waals surface area contributed by atoms with E-state index in [2.05, 4.69) is 5.10 Å². The molecule has 4 nitrogen and oxygen atoms in total. The van der Waals surface area contributed by atoms with Gasteiger partial charge in [-0.1, -0.05) is 0 Å². The summed E-state index contributed by atoms with van der Waals surface area (Å²) in [7, 11) is 0. The van der Waals surface area contributed by atoms with Crippen LogP contribution in [0.15, 0.2) is 6.20 Å². The van der Waals surface area contributed by atoms with Crippen LogP contribution in [0.4, 0.5) is 0 Å². The van der Waals surface area contributed by atoms with Crippen molar-refractivity contribution in [1.29, 1.82) is 0 Å². The minimum Gasteiger partial charge on any atom is -0.481 e. The third-order valence-electron chi connectivity index (χ3n) is 2.68. The highest BCUT2D eigenvalue weighted by Gasteiger charge is 2.14. The summed E-state index contributed by atoms with van der Waals surface area (Å²) in [5, 5.41) is 12.8. The summed E-state index contributed by atoms with van der Waals surface area (Å²) in [6.07, 6.45) is 6.63. The standard InChI is InChI=1S/C10H14N2O2/c13-10(14)5-6-12-9-4-2-1-3-8(9)7-11-12/h7H,1-6H2,(H,13,14). The van der Waals surface area contributed by atoms with Crippen molar-refractivity contribution in [2.75, 3.05) is 0 Å². The third-order valence-corrected chi connectivity index (χ3v) is 2.68. The molecule has 1 aromatic rings. The highest BCUT2D eigenvalue weighted by atomic mass is 16.4. The number of hydrogen-bond acceptors (Lipinski definition) is 2. The van der Waals surface area contributed by atoms with Crippen LogP contribution in [0.3, 0.4) is 0 Å². The number of carbonyl (C=O) groups is 1. The first kappa shape index (κ1) is 9.24. The maximum Gasteiger partial charge on any atom is 0.305 e. The quantitative estimate of drug-likeness (QED) is 0.787. The first-order valence-corrected chi connectivity index (χ1v) is 5.03. The van der Waals surface area contributed by atoms with Gasteiger partial charge in [0.15, 0.2) is 0 Å². The van der Waals surface area contributed by atoms with Crippen LogP contribution < -0.4 is 0 Å². The van der Waals surface area contributed by atoms with Crippen molar-refractivity contribution in [2.24, 2.45) is 0 Å². The Morgan fingerprint density at radius 2 is 2.29 bits per heavy atom. The van der Waals surface area contributed by atoms with E-state index in [0.29, 0.717) is 6.54 Å². The zero-order chi connectivity index (χ0) is 9.97. The Labute approximate surface area is 82.5 Å². The van der Waals surface area contributed by atoms with Crippen LogP contribution in [0.25, 0.3) is 0 Å². The second kappa shape index (κ2) is 3.82. The molecule has 1 heterocycles. The Kier molecular flexibility index (Phi) is 2.52. The fourth-order valence-corrected chi connectivity index (χ4v) is 1.95. The van der Waals surface area contributed by atoms with Gasteiger partial charge in [-0.15, -0.1) is 0 Å². The lowest BCUT2D eigenvalue weighted by atomic mass is 9.98. The van der Waals surface area contributed by atoms with Gasteiger partial charge in [0.25, 0.3) is 0 Å². The molecule has 0 amide bonds. The Morgan fingerprint density at radius 1 is 1.50 bits per heavy atom. The average Bonchev–Trinajstić information content (AvgIpc) is 2.58. The zero-order valence-electron chi connectivity index (χ0n) is 8.07. The first-order valence-electron chi connectivity index (χ1n) is 5.03. The van der Waals surface area contributed by atoms with E-state index in [4.69, 9.17) is 5.11 Å². The Balaban J connectivity index is 2.10. The van der Waals surface area contributed by atoms with Crippen molar-refractivity contribution in [1.82, 2.24) is 9.78 Å². The van der Waals surface area contributed by atoms with Crippen LogP contribution >= 0.6 is 0 Å². The lowest BCUT2D eigenvalue weighted by Gasteiger charge is -2.13. The molecule has 0 aliphatic heterocycles. The number of aliphatic carboxylic acids is 1. The van der Waals surface area contributed by atoms with E-state index in [1.54, 1.807) is 0 Å². The van der Waals surface area contributed by atoms with Crippen LogP contribution in [-0.2, 0) is 24.2 Å². The smallest absolute Gasteiger partial charge is 0.305 e. The third kappa shape index (κ3) is 1.78. The number of hydrogen-bond donors (Lipinski definition) is 1. The van der Waals surface area contributed by atoms with E-state index in [9.17, 15) is 4.79 Å². The SMILES string of the molecule is O=C(O)CCn1ncc2c1CCCC2. The van der Waals surface area contributed by atoms with Crippen LogP contribution in [0, 0.1) is 0 Å². The second-order valence-electron chi connectivity index (χ2n) is 3.69. The minimum absolute atomic E-state index is 0.161. The van der Waals surface area contributed by atoms with Gasteiger partial charge in [-0.3, -0.25) is 9.48 Å². The molecule has 0 spiro atoms. The van der Waals surface area contributed by atoms with Gasteiger partial charge >= 0.3 is 5.97 Å². The van der Waals surface area contributed by atoms with Crippen LogP contribution in [0.5, 0.6) is 0 Å². The van der Waals surface area contributed by atoms with E-state index in [1.165, 1.54) is 24.1 Å². The highest BCUT2D eigenvalue weighted by Crippen LogP contribution is 2.20. The minimum atomic E-state index is -0.759. The Bertz CT molecular complexity index is 344. The molecular formula is C10H14N2O2. The average molecular weight is 194 g/mol. The monoisotopic (exact) mass is 194 g/mol. The van der Waals surface area contributed by atoms with Crippen molar-refractivity contribution >= 4 is 5.97 Å². The summed E-state index contributed by atoms with van der Waals surface area (Å²) < 4.78 is 1.85. The van der Waals surface area contributed by atoms with E-state index >= 15 is 0 Å². The van der Waals surface area contributed by atoms with Gasteiger partial charge in [-0.25, -0.2) is 0 Å². The van der Waals surface area contributed by atoms with Crippen molar-refractivity contribution in [3.05, 3.63) is 17.5 Å². The number of nitrogens with zero attached hydrogens (tertiary/aromatic N) is 2. The molecule has 76 valence electrons. The summed E-state index contributed by atoms with van der Waals surface area (Å²) in [4.78, 5) is 10.4. The van der Waals surface area contributed by atoms with Crippen LogP contribution in [0.2, 0.25) is 0 Å². The van der Waals surface area contributed by atoms with Crippen molar-refractivity contribution in [3.63, 3.8) is 0 Å². The molecule has 0 atom stereocenters. The molecule has 4 heteroatoms. The van der Waals surface area contributed by atoms with E-state index in [-0.39, 0.29) is 6.42 Å². The fraction of sp³-hybridized carbons (Fsp3) is 0.600. The molecule has 1 N–H and O–H groups in total. The molecule has 14 heavy (non-hydrogen) atoms. The topological polar surface area (TPSA) is 55.1 Å². The van der Waals surface area contributed by atoms with Gasteiger partial charge in [0.05, 0.1) is 19.2 Å². The number of carboxylic acid groups (broad SMARTS) is 1. The zero-order valence-corrected chi connectivity index (χ0v) is 8.07. The molecule has 0 unspecified atom stereocenters. The lowest BCUT2D eigenvalue weighted by Crippen LogP contribution is -2.12. The Hall–Kier alpha value is -1.32. The molecule has 0 fully saturated rings. The number of aromatic nitrogens is 2. The number of fused-ring (bicyclic) bond motifs is 1. The summed E-state index contributed by atoms with van der Waals surface area (Å²) in [6, 6.07) is 0. The predicted molar refractivity (Wildman–Crippen MR) is 51.1 cm³/mol. The summed E-state index contributed by atoms with van der Waals surface area (Å²) in [5.74, 6) is -0.759. The summed E-state index contributed by atoms with van der Waals surface area (Å²) >= 11 is 0. The highest BCUT2D eigenvalue weighted by molar-refractivity contribution is 5.66. The normalized spacial score (nSPS) is 15.1. The molecule has 0 saturated carbocycles. The van der Waals surface area contributed by atoms with Gasteiger partial charge in [-0.05, 0) is 31.2 Å². The molecule has 0 bridgehead atoms. The second-order valence-corrected chi connectivity index (χ2v) is 3.69. The lowest BCUT2D eigenvalue weighted by molar-refractivity contribution is -0.137. The maximum absolute atomic E-state index is 10.4. The first-order chi connectivity index (χ1) is 6.77. The van der Waals surface area contributed by atoms with Gasteiger partial charge in [-0.2, -0.15) is 5.10 Å². The molecule has 1 aliphatic carbocycles. The summed E-state index contributed by atoms with van der Waals surface area (Å²) in [6.45, 7) is 0.505. The van der Waals surface area contributed by atoms with Gasteiger partial charge in [0.1, 0.15) is 0 Å². The molecule has 1 aliphatic rings. The van der Waals surface area contributed by atoms with Crippen molar-refractivity contribution < 1.29 is 9.90 Å².